The molecule has 0 rings (SSSR count). The fourth-order valence-corrected chi connectivity index (χ4v) is 5.36. The van der Waals surface area contributed by atoms with Crippen molar-refractivity contribution in [2.45, 2.75) is 193 Å². The topological polar surface area (TPSA) is 95.9 Å². The van der Waals surface area contributed by atoms with Crippen LogP contribution in [0.15, 0.2) is 12.2 Å². The smallest absolute Gasteiger partial charge is 0.302 e. The Balaban J connectivity index is 3.58. The number of unbranched alkanes of at least 4 members (excludes halogenated alkanes) is 23. The molecule has 0 saturated carbocycles. The molecule has 0 heterocycles. The Labute approximate surface area is 259 Å². The molecule has 0 aromatic rings. The van der Waals surface area contributed by atoms with Gasteiger partial charge in [0, 0.05) is 13.3 Å². The number of nitrogens with one attached hydrogen (secondary N) is 1. The minimum Gasteiger partial charge on any atom is -0.466 e. The monoisotopic (exact) mass is 596 g/mol. The summed E-state index contributed by atoms with van der Waals surface area (Å²) in [7, 11) is 0. The van der Waals surface area contributed by atoms with Crippen molar-refractivity contribution in [2.24, 2.45) is 0 Å². The number of esters is 1. The van der Waals surface area contributed by atoms with Gasteiger partial charge in [-0.2, -0.15) is 0 Å². The molecule has 1 amide bonds. The lowest BCUT2D eigenvalue weighted by Crippen LogP contribution is -2.45. The number of aliphatic hydroxyl groups excluding tert-OH is 2. The van der Waals surface area contributed by atoms with E-state index in [2.05, 4.69) is 12.2 Å². The highest BCUT2D eigenvalue weighted by Gasteiger charge is 2.17. The van der Waals surface area contributed by atoms with Crippen LogP contribution in [0.3, 0.4) is 0 Å². The third kappa shape index (κ3) is 30.1. The maximum atomic E-state index is 12.3. The largest absolute Gasteiger partial charge is 0.466 e. The number of carbonyl (C=O) groups excluding carboxylic acids is 2. The van der Waals surface area contributed by atoms with Crippen molar-refractivity contribution >= 4 is 11.9 Å². The van der Waals surface area contributed by atoms with Crippen LogP contribution < -0.4 is 5.32 Å². The maximum absolute atomic E-state index is 12.3. The SMILES string of the molecule is CCCCCCCCCCCCC/C=C/C(O)C(CO)NC(=O)CCCCCCCCCCCCCCCOC(C)=O. The molecule has 0 bridgehead atoms. The Kier molecular flexibility index (Phi) is 31.4. The van der Waals surface area contributed by atoms with E-state index < -0.39 is 12.1 Å². The number of carbonyl (C=O) groups is 2. The van der Waals surface area contributed by atoms with Crippen molar-refractivity contribution in [2.75, 3.05) is 13.2 Å². The lowest BCUT2D eigenvalue weighted by atomic mass is 10.0. The number of hydrogen-bond donors (Lipinski definition) is 3. The highest BCUT2D eigenvalue weighted by Crippen LogP contribution is 2.14. The molecule has 0 aromatic carbocycles. The van der Waals surface area contributed by atoms with Gasteiger partial charge in [0.25, 0.3) is 0 Å². The van der Waals surface area contributed by atoms with E-state index in [9.17, 15) is 19.8 Å². The van der Waals surface area contributed by atoms with Gasteiger partial charge in [0.05, 0.1) is 25.4 Å². The summed E-state index contributed by atoms with van der Waals surface area (Å²) in [5.74, 6) is -0.269. The summed E-state index contributed by atoms with van der Waals surface area (Å²) < 4.78 is 4.95. The van der Waals surface area contributed by atoms with Gasteiger partial charge >= 0.3 is 5.97 Å². The highest BCUT2D eigenvalue weighted by atomic mass is 16.5. The molecule has 0 aliphatic rings. The van der Waals surface area contributed by atoms with Crippen molar-refractivity contribution in [3.63, 3.8) is 0 Å². The fourth-order valence-electron chi connectivity index (χ4n) is 5.36. The molecule has 42 heavy (non-hydrogen) atoms. The third-order valence-electron chi connectivity index (χ3n) is 8.12. The Morgan fingerprint density at radius 1 is 0.667 bits per heavy atom. The molecule has 0 saturated heterocycles. The second-order valence-corrected chi connectivity index (χ2v) is 12.3. The van der Waals surface area contributed by atoms with Crippen LogP contribution in [0.1, 0.15) is 181 Å². The van der Waals surface area contributed by atoms with Gasteiger partial charge in [0.1, 0.15) is 0 Å². The highest BCUT2D eigenvalue weighted by molar-refractivity contribution is 5.76. The lowest BCUT2D eigenvalue weighted by molar-refractivity contribution is -0.141. The van der Waals surface area contributed by atoms with Crippen LogP contribution in [-0.4, -0.2) is 47.4 Å². The van der Waals surface area contributed by atoms with E-state index in [0.717, 1.165) is 44.9 Å². The number of amides is 1. The van der Waals surface area contributed by atoms with Crippen LogP contribution in [0.4, 0.5) is 0 Å². The molecule has 0 aliphatic carbocycles. The number of aliphatic hydroxyl groups is 2. The van der Waals surface area contributed by atoms with Gasteiger partial charge in [-0.15, -0.1) is 0 Å². The van der Waals surface area contributed by atoms with E-state index in [-0.39, 0.29) is 18.5 Å². The molecule has 0 spiro atoms. The summed E-state index contributed by atoms with van der Waals surface area (Å²) in [6.07, 6.45) is 34.1. The summed E-state index contributed by atoms with van der Waals surface area (Å²) in [6.45, 7) is 4.02. The first-order chi connectivity index (χ1) is 20.5. The zero-order chi connectivity index (χ0) is 30.9. The van der Waals surface area contributed by atoms with Gasteiger partial charge < -0.3 is 20.3 Å². The van der Waals surface area contributed by atoms with Gasteiger partial charge in [-0.05, 0) is 25.7 Å². The molecular formula is C36H69NO5. The van der Waals surface area contributed by atoms with E-state index in [1.54, 1.807) is 6.08 Å². The number of allylic oxidation sites excluding steroid dienone is 1. The second kappa shape index (κ2) is 32.5. The first kappa shape index (κ1) is 40.6. The Bertz CT molecular complexity index is 624. The lowest BCUT2D eigenvalue weighted by Gasteiger charge is -2.20. The maximum Gasteiger partial charge on any atom is 0.302 e. The molecule has 0 fully saturated rings. The second-order valence-electron chi connectivity index (χ2n) is 12.3. The third-order valence-corrected chi connectivity index (χ3v) is 8.12. The Morgan fingerprint density at radius 2 is 1.10 bits per heavy atom. The van der Waals surface area contributed by atoms with Gasteiger partial charge in [0.15, 0.2) is 0 Å². The number of hydrogen-bond acceptors (Lipinski definition) is 5. The van der Waals surface area contributed by atoms with E-state index in [0.29, 0.717) is 13.0 Å². The molecule has 6 heteroatoms. The molecule has 6 nitrogen and oxygen atoms in total. The van der Waals surface area contributed by atoms with Crippen LogP contribution in [0.5, 0.6) is 0 Å². The van der Waals surface area contributed by atoms with Gasteiger partial charge in [-0.3, -0.25) is 9.59 Å². The van der Waals surface area contributed by atoms with E-state index >= 15 is 0 Å². The van der Waals surface area contributed by atoms with Crippen LogP contribution >= 0.6 is 0 Å². The minimum atomic E-state index is -0.848. The molecular weight excluding hydrogens is 526 g/mol. The van der Waals surface area contributed by atoms with Crippen molar-refractivity contribution in [1.82, 2.24) is 5.32 Å². The average Bonchev–Trinajstić information content (AvgIpc) is 2.97. The summed E-state index contributed by atoms with van der Waals surface area (Å²) in [5, 5.41) is 22.8. The molecule has 2 unspecified atom stereocenters. The van der Waals surface area contributed by atoms with E-state index in [1.807, 2.05) is 6.08 Å². The molecule has 3 N–H and O–H groups in total. The van der Waals surface area contributed by atoms with Gasteiger partial charge in [-0.25, -0.2) is 0 Å². The summed E-state index contributed by atoms with van der Waals surface area (Å²) in [4.78, 5) is 23.0. The number of rotatable bonds is 32. The summed E-state index contributed by atoms with van der Waals surface area (Å²) >= 11 is 0. The Hall–Kier alpha value is -1.40. The summed E-state index contributed by atoms with van der Waals surface area (Å²) in [5.41, 5.74) is 0. The molecule has 2 atom stereocenters. The van der Waals surface area contributed by atoms with Crippen LogP contribution in [0, 0.1) is 0 Å². The first-order valence-electron chi connectivity index (χ1n) is 17.9. The van der Waals surface area contributed by atoms with Crippen molar-refractivity contribution in [3.8, 4) is 0 Å². The average molecular weight is 596 g/mol. The van der Waals surface area contributed by atoms with Gasteiger partial charge in [-0.1, -0.05) is 154 Å². The molecule has 0 aromatic heterocycles. The Morgan fingerprint density at radius 3 is 1.55 bits per heavy atom. The van der Waals surface area contributed by atoms with Crippen molar-refractivity contribution in [3.05, 3.63) is 12.2 Å². The standard InChI is InChI=1S/C36H69NO5/c1-3-4-5-6-7-8-9-11-14-17-20-23-26-29-35(40)34(32-38)37-36(41)30-27-24-21-18-15-12-10-13-16-19-22-25-28-31-42-33(2)39/h26,29,34-35,38,40H,3-25,27-28,30-32H2,1-2H3,(H,37,41)/b29-26+. The minimum absolute atomic E-state index is 0.0850. The van der Waals surface area contributed by atoms with Crippen molar-refractivity contribution in [1.29, 1.82) is 0 Å². The zero-order valence-electron chi connectivity index (χ0n) is 27.7. The van der Waals surface area contributed by atoms with Crippen LogP contribution in [0.25, 0.3) is 0 Å². The van der Waals surface area contributed by atoms with E-state index in [1.165, 1.54) is 122 Å². The van der Waals surface area contributed by atoms with Crippen LogP contribution in [-0.2, 0) is 14.3 Å². The van der Waals surface area contributed by atoms with Gasteiger partial charge in [0.2, 0.25) is 5.91 Å². The molecule has 0 radical (unpaired) electrons. The molecule has 248 valence electrons. The fraction of sp³-hybridized carbons (Fsp3) is 0.889. The first-order valence-corrected chi connectivity index (χ1v) is 17.9. The predicted octanol–water partition coefficient (Wildman–Crippen LogP) is 9.11. The molecule has 0 aliphatic heterocycles. The summed E-state index contributed by atoms with van der Waals surface area (Å²) in [6, 6.07) is -0.633. The van der Waals surface area contributed by atoms with Crippen molar-refractivity contribution < 1.29 is 24.5 Å². The zero-order valence-corrected chi connectivity index (χ0v) is 27.7. The van der Waals surface area contributed by atoms with Crippen LogP contribution in [0.2, 0.25) is 0 Å². The normalized spacial score (nSPS) is 13.0. The number of ether oxygens (including phenoxy) is 1. The predicted molar refractivity (Wildman–Crippen MR) is 177 cm³/mol. The quantitative estimate of drug-likeness (QED) is 0.0409. The van der Waals surface area contributed by atoms with E-state index in [4.69, 9.17) is 4.74 Å².